The molecule has 0 spiro atoms. The van der Waals surface area contributed by atoms with Crippen LogP contribution in [0, 0.1) is 0 Å². The summed E-state index contributed by atoms with van der Waals surface area (Å²) in [6.45, 7) is 0. The van der Waals surface area contributed by atoms with Crippen LogP contribution in [0.2, 0.25) is 0 Å². The minimum absolute atomic E-state index is 0.562. The van der Waals surface area contributed by atoms with E-state index in [9.17, 15) is 0 Å². The zero-order valence-electron chi connectivity index (χ0n) is 33.6. The number of aromatic nitrogens is 3. The number of fused-ring (bicyclic) bond motifs is 6. The minimum atomic E-state index is 0.562. The predicted octanol–water partition coefficient (Wildman–Crippen LogP) is 15.5. The van der Waals surface area contributed by atoms with E-state index in [4.69, 9.17) is 14.4 Å². The molecule has 0 aliphatic heterocycles. The van der Waals surface area contributed by atoms with Crippen LogP contribution in [0.4, 0.5) is 0 Å². The zero-order valence-corrected chi connectivity index (χ0v) is 33.6. The molecule has 0 unspecified atom stereocenters. The molecule has 0 amide bonds. The third-order valence-corrected chi connectivity index (χ3v) is 12.0. The maximum absolute atomic E-state index is 6.51. The quantitative estimate of drug-likeness (QED) is 0.161. The molecule has 12 aromatic rings. The third kappa shape index (κ3) is 6.00. The number of hydrogen-bond donors (Lipinski definition) is 0. The van der Waals surface area contributed by atoms with E-state index >= 15 is 0 Å². The van der Waals surface area contributed by atoms with E-state index in [-0.39, 0.29) is 0 Å². The Morgan fingerprint density at radius 3 is 1.31 bits per heavy atom. The van der Waals surface area contributed by atoms with Gasteiger partial charge < -0.3 is 8.98 Å². The standard InChI is InChI=1S/C58H37N3O/c1-6-18-38(19-7-1)43-30-32-51-49(34-43)50-35-44(39-20-8-2-9-21-39)31-33-52(50)61(51)56-47(40-22-10-3-11-23-40)36-45(37-48(56)41-24-12-4-13-25-41)55-54-46-28-16-17-29-53(46)62-58(54)60-57(59-55)42-26-14-5-15-27-42/h1-37H. The van der Waals surface area contributed by atoms with Gasteiger partial charge in [0.15, 0.2) is 5.82 Å². The van der Waals surface area contributed by atoms with Crippen molar-refractivity contribution in [2.75, 3.05) is 0 Å². The number of hydrogen-bond acceptors (Lipinski definition) is 3. The molecule has 0 saturated heterocycles. The molecule has 3 heterocycles. The summed E-state index contributed by atoms with van der Waals surface area (Å²) in [5, 5.41) is 4.26. The summed E-state index contributed by atoms with van der Waals surface area (Å²) in [4.78, 5) is 10.5. The highest BCUT2D eigenvalue weighted by molar-refractivity contribution is 6.14. The van der Waals surface area contributed by atoms with Crippen molar-refractivity contribution in [1.82, 2.24) is 14.5 Å². The van der Waals surface area contributed by atoms with Crippen molar-refractivity contribution in [3.8, 4) is 72.8 Å². The topological polar surface area (TPSA) is 43.9 Å². The molecule has 0 N–H and O–H groups in total. The van der Waals surface area contributed by atoms with E-state index in [1.807, 2.05) is 30.3 Å². The van der Waals surface area contributed by atoms with Gasteiger partial charge in [-0.2, -0.15) is 4.98 Å². The van der Waals surface area contributed by atoms with Gasteiger partial charge in [0.25, 0.3) is 0 Å². The highest BCUT2D eigenvalue weighted by Crippen LogP contribution is 2.46. The van der Waals surface area contributed by atoms with Crippen molar-refractivity contribution >= 4 is 43.9 Å². The largest absolute Gasteiger partial charge is 0.438 e. The molecule has 0 bridgehead atoms. The van der Waals surface area contributed by atoms with E-state index in [0.29, 0.717) is 11.5 Å². The maximum atomic E-state index is 6.51. The highest BCUT2D eigenvalue weighted by atomic mass is 16.3. The molecule has 0 fully saturated rings. The second-order valence-corrected chi connectivity index (χ2v) is 15.7. The SMILES string of the molecule is c1ccc(-c2ccc3c(c2)c2cc(-c4ccccc4)ccc2n3-c2c(-c3ccccc3)cc(-c3nc(-c4ccccc4)nc4oc5ccccc5c34)cc2-c2ccccc2)cc1. The van der Waals surface area contributed by atoms with Gasteiger partial charge in [0, 0.05) is 38.4 Å². The van der Waals surface area contributed by atoms with E-state index in [0.717, 1.165) is 72.2 Å². The van der Waals surface area contributed by atoms with Crippen LogP contribution in [0.15, 0.2) is 229 Å². The number of benzene rings is 9. The van der Waals surface area contributed by atoms with Crippen molar-refractivity contribution in [1.29, 1.82) is 0 Å². The van der Waals surface area contributed by atoms with Crippen molar-refractivity contribution in [3.63, 3.8) is 0 Å². The fourth-order valence-corrected chi connectivity index (χ4v) is 9.12. The fourth-order valence-electron chi connectivity index (χ4n) is 9.12. The van der Waals surface area contributed by atoms with Crippen molar-refractivity contribution in [2.24, 2.45) is 0 Å². The monoisotopic (exact) mass is 791 g/mol. The van der Waals surface area contributed by atoms with E-state index in [1.54, 1.807) is 0 Å². The first-order valence-electron chi connectivity index (χ1n) is 21.0. The first-order chi connectivity index (χ1) is 30.7. The Labute approximate surface area is 358 Å². The minimum Gasteiger partial charge on any atom is -0.438 e. The number of rotatable bonds is 7. The van der Waals surface area contributed by atoms with Crippen LogP contribution in [0.3, 0.4) is 0 Å². The normalized spacial score (nSPS) is 11.5. The van der Waals surface area contributed by atoms with Crippen molar-refractivity contribution in [3.05, 3.63) is 224 Å². The van der Waals surface area contributed by atoms with Crippen LogP contribution < -0.4 is 0 Å². The Morgan fingerprint density at radius 2 is 0.790 bits per heavy atom. The Morgan fingerprint density at radius 1 is 0.339 bits per heavy atom. The lowest BCUT2D eigenvalue weighted by Crippen LogP contribution is -2.02. The predicted molar refractivity (Wildman–Crippen MR) is 256 cm³/mol. The average molecular weight is 792 g/mol. The van der Waals surface area contributed by atoms with Gasteiger partial charge in [0.05, 0.1) is 27.8 Å². The summed E-state index contributed by atoms with van der Waals surface area (Å²) >= 11 is 0. The van der Waals surface area contributed by atoms with Gasteiger partial charge >= 0.3 is 0 Å². The summed E-state index contributed by atoms with van der Waals surface area (Å²) in [5.41, 5.74) is 16.5. The zero-order chi connectivity index (χ0) is 41.0. The molecule has 0 saturated carbocycles. The summed E-state index contributed by atoms with van der Waals surface area (Å²) < 4.78 is 9.00. The summed E-state index contributed by atoms with van der Waals surface area (Å²) in [6, 6.07) is 79.7. The Balaban J connectivity index is 1.21. The molecule has 4 heteroatoms. The number of para-hydroxylation sites is 1. The molecule has 0 aliphatic rings. The van der Waals surface area contributed by atoms with Gasteiger partial charge in [-0.15, -0.1) is 0 Å². The van der Waals surface area contributed by atoms with Crippen LogP contribution in [0.25, 0.3) is 117 Å². The van der Waals surface area contributed by atoms with Gasteiger partial charge in [-0.3, -0.25) is 0 Å². The molecular weight excluding hydrogens is 755 g/mol. The Hall–Kier alpha value is -8.34. The van der Waals surface area contributed by atoms with E-state index in [2.05, 4.69) is 199 Å². The van der Waals surface area contributed by atoms with Gasteiger partial charge in [0.1, 0.15) is 5.58 Å². The summed E-state index contributed by atoms with van der Waals surface area (Å²) in [6.07, 6.45) is 0. The lowest BCUT2D eigenvalue weighted by Gasteiger charge is -2.21. The number of nitrogens with zero attached hydrogens (tertiary/aromatic N) is 3. The Bertz CT molecular complexity index is 3440. The Kier molecular flexibility index (Phi) is 8.46. The molecule has 3 aromatic heterocycles. The molecule has 0 aliphatic carbocycles. The molecule has 0 radical (unpaired) electrons. The van der Waals surface area contributed by atoms with Crippen LogP contribution in [0.5, 0.6) is 0 Å². The van der Waals surface area contributed by atoms with Crippen LogP contribution in [0.1, 0.15) is 0 Å². The molecule has 62 heavy (non-hydrogen) atoms. The van der Waals surface area contributed by atoms with Gasteiger partial charge in [-0.05, 0) is 75.8 Å². The van der Waals surface area contributed by atoms with Crippen molar-refractivity contribution < 1.29 is 4.42 Å². The average Bonchev–Trinajstić information content (AvgIpc) is 3.89. The summed E-state index contributed by atoms with van der Waals surface area (Å²) in [5.74, 6) is 0.615. The molecule has 4 nitrogen and oxygen atoms in total. The first kappa shape index (κ1) is 35.6. The second kappa shape index (κ2) is 14.7. The second-order valence-electron chi connectivity index (χ2n) is 15.7. The first-order valence-corrected chi connectivity index (χ1v) is 21.0. The van der Waals surface area contributed by atoms with Gasteiger partial charge in [0.2, 0.25) is 5.71 Å². The van der Waals surface area contributed by atoms with Crippen LogP contribution in [-0.2, 0) is 0 Å². The highest BCUT2D eigenvalue weighted by Gasteiger charge is 2.25. The molecule has 0 atom stereocenters. The maximum Gasteiger partial charge on any atom is 0.231 e. The molecule has 12 rings (SSSR count). The van der Waals surface area contributed by atoms with Crippen LogP contribution >= 0.6 is 0 Å². The van der Waals surface area contributed by atoms with E-state index < -0.39 is 0 Å². The van der Waals surface area contributed by atoms with E-state index in [1.165, 1.54) is 33.0 Å². The summed E-state index contributed by atoms with van der Waals surface area (Å²) in [7, 11) is 0. The lowest BCUT2D eigenvalue weighted by atomic mass is 9.91. The third-order valence-electron chi connectivity index (χ3n) is 12.0. The smallest absolute Gasteiger partial charge is 0.231 e. The van der Waals surface area contributed by atoms with Gasteiger partial charge in [-0.25, -0.2) is 4.98 Å². The van der Waals surface area contributed by atoms with Gasteiger partial charge in [-0.1, -0.05) is 182 Å². The number of furan rings is 1. The lowest BCUT2D eigenvalue weighted by molar-refractivity contribution is 0.653. The molecule has 9 aromatic carbocycles. The molecular formula is C58H37N3O. The van der Waals surface area contributed by atoms with Crippen molar-refractivity contribution in [2.45, 2.75) is 0 Å². The molecule has 290 valence electrons. The van der Waals surface area contributed by atoms with Crippen LogP contribution in [-0.4, -0.2) is 14.5 Å². The fraction of sp³-hybridized carbons (Fsp3) is 0.